The fraction of sp³-hybridized carbons (Fsp3) is 0.533. The number of benzene rings is 1. The average molecular weight is 328 g/mol. The van der Waals surface area contributed by atoms with E-state index in [1.807, 2.05) is 26.1 Å². The molecule has 0 spiro atoms. The van der Waals surface area contributed by atoms with Gasteiger partial charge in [-0.3, -0.25) is 9.69 Å². The summed E-state index contributed by atoms with van der Waals surface area (Å²) in [5, 5.41) is 0. The zero-order chi connectivity index (χ0) is 14.3. The topological polar surface area (TPSA) is 29.5 Å². The first-order valence-electron chi connectivity index (χ1n) is 6.69. The Morgan fingerprint density at radius 1 is 1.32 bits per heavy atom. The lowest BCUT2D eigenvalue weighted by molar-refractivity contribution is -0.149. The maximum Gasteiger partial charge on any atom is 0.323 e. The van der Waals surface area contributed by atoms with Gasteiger partial charge in [-0.2, -0.15) is 0 Å². The molecule has 0 amide bonds. The van der Waals surface area contributed by atoms with Crippen molar-refractivity contribution in [3.8, 4) is 0 Å². The molecule has 0 aliphatic heterocycles. The van der Waals surface area contributed by atoms with Crippen molar-refractivity contribution in [2.45, 2.75) is 39.3 Å². The van der Waals surface area contributed by atoms with Crippen LogP contribution in [0.5, 0.6) is 0 Å². The van der Waals surface area contributed by atoms with E-state index in [0.717, 1.165) is 23.9 Å². The van der Waals surface area contributed by atoms with Gasteiger partial charge in [-0.15, -0.1) is 0 Å². The fourth-order valence-electron chi connectivity index (χ4n) is 2.02. The first-order valence-corrected chi connectivity index (χ1v) is 7.49. The summed E-state index contributed by atoms with van der Waals surface area (Å²) in [7, 11) is 1.97. The Morgan fingerprint density at radius 3 is 2.47 bits per heavy atom. The van der Waals surface area contributed by atoms with Crippen LogP contribution < -0.4 is 0 Å². The molecule has 1 unspecified atom stereocenters. The molecule has 0 N–H and O–H groups in total. The van der Waals surface area contributed by atoms with Crippen LogP contribution in [0.15, 0.2) is 28.7 Å². The van der Waals surface area contributed by atoms with Crippen LogP contribution in [0.3, 0.4) is 0 Å². The third-order valence-corrected chi connectivity index (χ3v) is 3.53. The Hall–Kier alpha value is -0.870. The number of ether oxygens (including phenoxy) is 1. The van der Waals surface area contributed by atoms with E-state index in [0.29, 0.717) is 6.61 Å². The molecule has 0 saturated heterocycles. The molecule has 0 aliphatic carbocycles. The minimum atomic E-state index is -0.159. The van der Waals surface area contributed by atoms with Crippen molar-refractivity contribution in [1.29, 1.82) is 0 Å². The largest absolute Gasteiger partial charge is 0.465 e. The number of carbonyl (C=O) groups is 1. The summed E-state index contributed by atoms with van der Waals surface area (Å²) in [4.78, 5) is 14.0. The van der Waals surface area contributed by atoms with Crippen molar-refractivity contribution >= 4 is 21.9 Å². The molecule has 0 aromatic heterocycles. The molecular formula is C15H22BrNO2. The van der Waals surface area contributed by atoms with Crippen molar-refractivity contribution in [2.24, 2.45) is 0 Å². The quantitative estimate of drug-likeness (QED) is 0.716. The van der Waals surface area contributed by atoms with Gasteiger partial charge in [0.05, 0.1) is 6.61 Å². The number of halogens is 1. The van der Waals surface area contributed by atoms with Crippen LogP contribution in [0.2, 0.25) is 0 Å². The number of carbonyl (C=O) groups excluding carboxylic acids is 1. The average Bonchev–Trinajstić information content (AvgIpc) is 2.38. The number of nitrogens with zero attached hydrogens (tertiary/aromatic N) is 1. The molecule has 0 fully saturated rings. The molecule has 1 rings (SSSR count). The molecule has 1 aromatic rings. The van der Waals surface area contributed by atoms with Crippen molar-refractivity contribution in [3.63, 3.8) is 0 Å². The number of likely N-dealkylation sites (N-methyl/N-ethyl adjacent to an activating group) is 1. The Bertz CT molecular complexity index is 392. The van der Waals surface area contributed by atoms with Gasteiger partial charge in [0.1, 0.15) is 6.04 Å². The number of esters is 1. The van der Waals surface area contributed by atoms with E-state index in [1.165, 1.54) is 5.56 Å². The third kappa shape index (κ3) is 5.33. The maximum absolute atomic E-state index is 11.9. The minimum absolute atomic E-state index is 0.121. The molecule has 0 heterocycles. The normalized spacial score (nSPS) is 12.5. The summed E-state index contributed by atoms with van der Waals surface area (Å²) in [5.74, 6) is -0.121. The van der Waals surface area contributed by atoms with Gasteiger partial charge in [-0.25, -0.2) is 0 Å². The fourth-order valence-corrected chi connectivity index (χ4v) is 2.28. The van der Waals surface area contributed by atoms with Gasteiger partial charge in [-0.1, -0.05) is 41.4 Å². The highest BCUT2D eigenvalue weighted by atomic mass is 79.9. The lowest BCUT2D eigenvalue weighted by Crippen LogP contribution is -2.39. The molecule has 0 bridgehead atoms. The highest BCUT2D eigenvalue weighted by molar-refractivity contribution is 9.10. The molecule has 0 saturated carbocycles. The zero-order valence-electron chi connectivity index (χ0n) is 11.9. The first-order chi connectivity index (χ1) is 9.08. The Balaban J connectivity index is 2.68. The lowest BCUT2D eigenvalue weighted by atomic mass is 10.1. The van der Waals surface area contributed by atoms with Crippen LogP contribution in [0.25, 0.3) is 0 Å². The van der Waals surface area contributed by atoms with E-state index in [9.17, 15) is 4.79 Å². The van der Waals surface area contributed by atoms with E-state index in [1.54, 1.807) is 0 Å². The van der Waals surface area contributed by atoms with Crippen molar-refractivity contribution in [3.05, 3.63) is 34.3 Å². The number of hydrogen-bond acceptors (Lipinski definition) is 3. The Morgan fingerprint density at radius 2 is 1.95 bits per heavy atom. The highest BCUT2D eigenvalue weighted by Gasteiger charge is 2.23. The van der Waals surface area contributed by atoms with E-state index < -0.39 is 0 Å². The van der Waals surface area contributed by atoms with Crippen LogP contribution in [0.4, 0.5) is 0 Å². The smallest absolute Gasteiger partial charge is 0.323 e. The summed E-state index contributed by atoms with van der Waals surface area (Å²) in [6, 6.07) is 8.00. The lowest BCUT2D eigenvalue weighted by Gasteiger charge is -2.26. The second-order valence-electron chi connectivity index (χ2n) is 4.60. The van der Waals surface area contributed by atoms with Crippen LogP contribution in [-0.2, 0) is 16.1 Å². The van der Waals surface area contributed by atoms with Crippen molar-refractivity contribution < 1.29 is 9.53 Å². The predicted octanol–water partition coefficient (Wildman–Crippen LogP) is 3.61. The van der Waals surface area contributed by atoms with Crippen molar-refractivity contribution in [1.82, 2.24) is 4.90 Å². The van der Waals surface area contributed by atoms with Gasteiger partial charge in [0.25, 0.3) is 0 Å². The predicted molar refractivity (Wildman–Crippen MR) is 80.9 cm³/mol. The Labute approximate surface area is 124 Å². The van der Waals surface area contributed by atoms with E-state index in [4.69, 9.17) is 4.74 Å². The van der Waals surface area contributed by atoms with Gasteiger partial charge in [0.2, 0.25) is 0 Å². The number of rotatable bonds is 7. The second kappa shape index (κ2) is 8.33. The van der Waals surface area contributed by atoms with E-state index in [-0.39, 0.29) is 12.0 Å². The molecule has 1 atom stereocenters. The van der Waals surface area contributed by atoms with Gasteiger partial charge < -0.3 is 4.74 Å². The van der Waals surface area contributed by atoms with Crippen LogP contribution >= 0.6 is 15.9 Å². The molecule has 0 aliphatic rings. The van der Waals surface area contributed by atoms with Gasteiger partial charge in [0.15, 0.2) is 0 Å². The number of hydrogen-bond donors (Lipinski definition) is 0. The monoisotopic (exact) mass is 327 g/mol. The molecule has 4 heteroatoms. The summed E-state index contributed by atoms with van der Waals surface area (Å²) in [6.45, 7) is 5.11. The standard InChI is InChI=1S/C15H22BrNO2/c1-4-6-14(15(18)19-5-2)17(3)11-12-7-9-13(16)10-8-12/h7-10,14H,4-6,11H2,1-3H3. The van der Waals surface area contributed by atoms with Crippen LogP contribution in [-0.4, -0.2) is 30.6 Å². The molecule has 3 nitrogen and oxygen atoms in total. The van der Waals surface area contributed by atoms with Crippen LogP contribution in [0, 0.1) is 0 Å². The third-order valence-electron chi connectivity index (χ3n) is 3.00. The summed E-state index contributed by atoms with van der Waals surface area (Å²) in [5.41, 5.74) is 1.19. The van der Waals surface area contributed by atoms with E-state index >= 15 is 0 Å². The SMILES string of the molecule is CCCC(C(=O)OCC)N(C)Cc1ccc(Br)cc1. The van der Waals surface area contributed by atoms with Crippen LogP contribution in [0.1, 0.15) is 32.3 Å². The first kappa shape index (κ1) is 16.2. The molecular weight excluding hydrogens is 306 g/mol. The minimum Gasteiger partial charge on any atom is -0.465 e. The van der Waals surface area contributed by atoms with Gasteiger partial charge >= 0.3 is 5.97 Å². The molecule has 106 valence electrons. The van der Waals surface area contributed by atoms with Gasteiger partial charge in [-0.05, 0) is 38.1 Å². The second-order valence-corrected chi connectivity index (χ2v) is 5.51. The zero-order valence-corrected chi connectivity index (χ0v) is 13.4. The summed E-state index contributed by atoms with van der Waals surface area (Å²) in [6.07, 6.45) is 1.79. The summed E-state index contributed by atoms with van der Waals surface area (Å²) < 4.78 is 6.21. The van der Waals surface area contributed by atoms with Gasteiger partial charge in [0, 0.05) is 11.0 Å². The molecule has 19 heavy (non-hydrogen) atoms. The highest BCUT2D eigenvalue weighted by Crippen LogP contribution is 2.15. The molecule has 1 aromatic carbocycles. The Kier molecular flexibility index (Phi) is 7.10. The maximum atomic E-state index is 11.9. The van der Waals surface area contributed by atoms with E-state index in [2.05, 4.69) is 39.9 Å². The van der Waals surface area contributed by atoms with Crippen molar-refractivity contribution in [2.75, 3.05) is 13.7 Å². The molecule has 0 radical (unpaired) electrons. The summed E-state index contributed by atoms with van der Waals surface area (Å²) >= 11 is 3.42.